The topological polar surface area (TPSA) is 118 Å². The molecular formula is C23H15Br2N5O3S2. The van der Waals surface area contributed by atoms with E-state index < -0.39 is 9.84 Å². The average Bonchev–Trinajstić information content (AvgIpc) is 3.37. The molecule has 35 heavy (non-hydrogen) atoms. The van der Waals surface area contributed by atoms with Crippen LogP contribution in [0.2, 0.25) is 0 Å². The predicted molar refractivity (Wildman–Crippen MR) is 141 cm³/mol. The van der Waals surface area contributed by atoms with Crippen LogP contribution >= 0.6 is 43.6 Å². The molecule has 0 unspecified atom stereocenters. The maximum Gasteiger partial charge on any atom is 0.262 e. The van der Waals surface area contributed by atoms with Crippen LogP contribution in [0.1, 0.15) is 11.1 Å². The Labute approximate surface area is 221 Å². The van der Waals surface area contributed by atoms with Crippen molar-refractivity contribution in [3.63, 3.8) is 0 Å². The predicted octanol–water partition coefficient (Wildman–Crippen LogP) is 5.45. The third kappa shape index (κ3) is 5.10. The molecule has 2 N–H and O–H groups in total. The van der Waals surface area contributed by atoms with Crippen LogP contribution in [0.5, 0.6) is 0 Å². The number of hydrogen-bond donors (Lipinski definition) is 2. The summed E-state index contributed by atoms with van der Waals surface area (Å²) in [5.41, 5.74) is 2.74. The van der Waals surface area contributed by atoms with Gasteiger partial charge in [0, 0.05) is 19.4 Å². The lowest BCUT2D eigenvalue weighted by molar-refractivity contribution is -0.112. The largest absolute Gasteiger partial charge is 0.320 e. The van der Waals surface area contributed by atoms with Crippen LogP contribution in [0.25, 0.3) is 17.5 Å². The lowest BCUT2D eigenvalue weighted by atomic mass is 10.1. The van der Waals surface area contributed by atoms with E-state index in [-0.39, 0.29) is 16.6 Å². The van der Waals surface area contributed by atoms with Crippen molar-refractivity contribution >= 4 is 71.1 Å². The molecule has 1 amide bonds. The summed E-state index contributed by atoms with van der Waals surface area (Å²) in [6.45, 7) is 0. The molecule has 0 fully saturated rings. The quantitative estimate of drug-likeness (QED) is 0.281. The first-order valence-corrected chi connectivity index (χ1v) is 14.2. The number of hydrogen-bond acceptors (Lipinski definition) is 7. The summed E-state index contributed by atoms with van der Waals surface area (Å²) in [6.07, 6.45) is 1.78. The van der Waals surface area contributed by atoms with Crippen LogP contribution < -0.4 is 5.32 Å². The Morgan fingerprint density at radius 1 is 1.00 bits per heavy atom. The van der Waals surface area contributed by atoms with E-state index in [9.17, 15) is 13.2 Å². The van der Waals surface area contributed by atoms with E-state index in [1.165, 1.54) is 17.8 Å². The molecule has 0 radical (unpaired) electrons. The van der Waals surface area contributed by atoms with E-state index in [4.69, 9.17) is 0 Å². The Morgan fingerprint density at radius 3 is 2.43 bits per heavy atom. The number of nitrogens with one attached hydrogen (secondary N) is 2. The highest BCUT2D eigenvalue weighted by Crippen LogP contribution is 2.40. The number of amides is 1. The first-order valence-electron chi connectivity index (χ1n) is 10.1. The number of fused-ring (bicyclic) bond motifs is 1. The number of anilines is 1. The summed E-state index contributed by atoms with van der Waals surface area (Å²) < 4.78 is 27.6. The molecule has 3 aromatic carbocycles. The molecule has 12 heteroatoms. The molecule has 0 bridgehead atoms. The fourth-order valence-corrected chi connectivity index (χ4v) is 7.45. The summed E-state index contributed by atoms with van der Waals surface area (Å²) in [7, 11) is -3.65. The van der Waals surface area contributed by atoms with Crippen molar-refractivity contribution in [3.05, 3.63) is 85.6 Å². The molecule has 5 rings (SSSR count). The fourth-order valence-electron chi connectivity index (χ4n) is 3.44. The highest BCUT2D eigenvalue weighted by Gasteiger charge is 2.25. The van der Waals surface area contributed by atoms with E-state index in [0.717, 1.165) is 16.0 Å². The zero-order chi connectivity index (χ0) is 24.6. The molecule has 176 valence electrons. The minimum Gasteiger partial charge on any atom is -0.320 e. The summed E-state index contributed by atoms with van der Waals surface area (Å²) in [5.74, 6) is 0.00775. The van der Waals surface area contributed by atoms with Gasteiger partial charge in [-0.3, -0.25) is 4.79 Å². The molecule has 8 nitrogen and oxygen atoms in total. The highest BCUT2D eigenvalue weighted by atomic mass is 79.9. The van der Waals surface area contributed by atoms with Gasteiger partial charge in [0.2, 0.25) is 5.82 Å². The Bertz CT molecular complexity index is 1550. The van der Waals surface area contributed by atoms with E-state index in [0.29, 0.717) is 30.9 Å². The van der Waals surface area contributed by atoms with Gasteiger partial charge in [0.15, 0.2) is 9.84 Å². The number of carbonyl (C=O) groups excluding carboxylic acids is 1. The van der Waals surface area contributed by atoms with E-state index in [2.05, 4.69) is 57.8 Å². The van der Waals surface area contributed by atoms with Crippen molar-refractivity contribution in [2.24, 2.45) is 0 Å². The Morgan fingerprint density at radius 2 is 1.74 bits per heavy atom. The van der Waals surface area contributed by atoms with Gasteiger partial charge in [-0.15, -0.1) is 10.2 Å². The fraction of sp³-hybridized carbons (Fsp3) is 0.0435. The lowest BCUT2D eigenvalue weighted by Crippen LogP contribution is -2.18. The molecule has 1 aliphatic heterocycles. The second kappa shape index (κ2) is 9.69. The van der Waals surface area contributed by atoms with Crippen molar-refractivity contribution < 1.29 is 13.2 Å². The SMILES string of the molecule is O=C1Nc2cc(S(=O)(=O)Cc3c(Br)cccc3Br)ccc2SC1=Cc1ccc(-c2nn[nH]n2)cc1. The minimum atomic E-state index is -3.65. The van der Waals surface area contributed by atoms with E-state index >= 15 is 0 Å². The molecule has 4 aromatic rings. The van der Waals surface area contributed by atoms with Crippen molar-refractivity contribution in [2.75, 3.05) is 5.32 Å². The van der Waals surface area contributed by atoms with Gasteiger partial charge in [0.05, 0.1) is 21.2 Å². The number of sulfone groups is 1. The van der Waals surface area contributed by atoms with Crippen LogP contribution in [0, 0.1) is 0 Å². The van der Waals surface area contributed by atoms with Crippen molar-refractivity contribution in [1.82, 2.24) is 20.6 Å². The van der Waals surface area contributed by atoms with Gasteiger partial charge in [-0.1, -0.05) is 74.0 Å². The zero-order valence-electron chi connectivity index (χ0n) is 17.7. The molecule has 0 saturated heterocycles. The number of carbonyl (C=O) groups is 1. The highest BCUT2D eigenvalue weighted by molar-refractivity contribution is 9.11. The van der Waals surface area contributed by atoms with Gasteiger partial charge in [-0.05, 0) is 52.7 Å². The summed E-state index contributed by atoms with van der Waals surface area (Å²) in [4.78, 5) is 14.2. The van der Waals surface area contributed by atoms with Gasteiger partial charge in [0.1, 0.15) is 0 Å². The number of nitrogens with zero attached hydrogens (tertiary/aromatic N) is 3. The Kier molecular flexibility index (Phi) is 6.62. The summed E-state index contributed by atoms with van der Waals surface area (Å²) >= 11 is 8.12. The van der Waals surface area contributed by atoms with Crippen LogP contribution in [0.3, 0.4) is 0 Å². The normalized spacial score (nSPS) is 14.6. The number of benzene rings is 3. The number of thioether (sulfide) groups is 1. The molecule has 1 aliphatic rings. The molecule has 0 spiro atoms. The van der Waals surface area contributed by atoms with Crippen molar-refractivity contribution in [3.8, 4) is 11.4 Å². The van der Waals surface area contributed by atoms with Crippen LogP contribution in [0.15, 0.2) is 84.3 Å². The summed E-state index contributed by atoms with van der Waals surface area (Å²) in [6, 6.07) is 17.6. The zero-order valence-corrected chi connectivity index (χ0v) is 22.5. The molecule has 1 aromatic heterocycles. The first-order chi connectivity index (χ1) is 16.8. The first kappa shape index (κ1) is 23.9. The van der Waals surface area contributed by atoms with Gasteiger partial charge in [0.25, 0.3) is 5.91 Å². The van der Waals surface area contributed by atoms with Crippen LogP contribution in [0.4, 0.5) is 5.69 Å². The Hall–Kier alpha value is -2.80. The number of rotatable bonds is 5. The van der Waals surface area contributed by atoms with Crippen molar-refractivity contribution in [1.29, 1.82) is 0 Å². The number of aromatic nitrogens is 4. The second-order valence-electron chi connectivity index (χ2n) is 7.54. The second-order valence-corrected chi connectivity index (χ2v) is 12.3. The maximum atomic E-state index is 13.1. The third-order valence-electron chi connectivity index (χ3n) is 5.21. The average molecular weight is 633 g/mol. The van der Waals surface area contributed by atoms with Crippen molar-refractivity contribution in [2.45, 2.75) is 15.5 Å². The molecule has 2 heterocycles. The standard InChI is InChI=1S/C23H15Br2N5O3S2/c24-17-2-1-3-18(25)16(17)12-35(32,33)15-8-9-20-19(11-15)26-23(31)21(34-20)10-13-4-6-14(7-5-13)22-27-29-30-28-22/h1-11H,12H2,(H,26,31)(H,27,28,29,30). The minimum absolute atomic E-state index is 0.143. The monoisotopic (exact) mass is 631 g/mol. The molecule has 0 atom stereocenters. The van der Waals surface area contributed by atoms with Gasteiger partial charge >= 0.3 is 0 Å². The molecule has 0 saturated carbocycles. The third-order valence-corrected chi connectivity index (χ3v) is 9.44. The van der Waals surface area contributed by atoms with E-state index in [1.54, 1.807) is 30.3 Å². The Balaban J connectivity index is 1.38. The molecule has 0 aliphatic carbocycles. The van der Waals surface area contributed by atoms with Crippen LogP contribution in [-0.4, -0.2) is 34.9 Å². The van der Waals surface area contributed by atoms with Gasteiger partial charge < -0.3 is 5.32 Å². The van der Waals surface area contributed by atoms with Crippen LogP contribution in [-0.2, 0) is 20.4 Å². The number of aromatic amines is 1. The van der Waals surface area contributed by atoms with Gasteiger partial charge in [-0.2, -0.15) is 5.21 Å². The smallest absolute Gasteiger partial charge is 0.262 e. The summed E-state index contributed by atoms with van der Waals surface area (Å²) in [5, 5.41) is 16.7. The number of H-pyrrole nitrogens is 1. The molecular weight excluding hydrogens is 618 g/mol. The lowest BCUT2D eigenvalue weighted by Gasteiger charge is -2.19. The van der Waals surface area contributed by atoms with Gasteiger partial charge in [-0.25, -0.2) is 8.42 Å². The number of halogens is 2. The number of tetrazole rings is 1. The van der Waals surface area contributed by atoms with E-state index in [1.807, 2.05) is 30.3 Å². The maximum absolute atomic E-state index is 13.1.